The fourth-order valence-corrected chi connectivity index (χ4v) is 2.55. The standard InChI is InChI=1S/C14H21F2NO2S/c1-2-3-4-5-6-11-17-12-7-9-13(10-8-12)20(18,19)14(15)16/h7-10,14,17H,2-6,11H2,1H3. The minimum Gasteiger partial charge on any atom is -0.385 e. The first-order chi connectivity index (χ1) is 9.48. The highest BCUT2D eigenvalue weighted by Crippen LogP contribution is 2.20. The molecule has 1 aromatic rings. The van der Waals surface area contributed by atoms with Gasteiger partial charge in [0.2, 0.25) is 9.84 Å². The fourth-order valence-electron chi connectivity index (χ4n) is 1.83. The fraction of sp³-hybridized carbons (Fsp3) is 0.571. The Morgan fingerprint density at radius 3 is 2.20 bits per heavy atom. The largest absolute Gasteiger partial charge is 0.385 e. The van der Waals surface area contributed by atoms with Gasteiger partial charge in [-0.2, -0.15) is 8.78 Å². The van der Waals surface area contributed by atoms with Crippen molar-refractivity contribution in [3.63, 3.8) is 0 Å². The first-order valence-electron chi connectivity index (χ1n) is 6.84. The van der Waals surface area contributed by atoms with E-state index in [1.165, 1.54) is 43.5 Å². The molecule has 0 radical (unpaired) electrons. The van der Waals surface area contributed by atoms with E-state index in [0.717, 1.165) is 25.1 Å². The van der Waals surface area contributed by atoms with Crippen LogP contribution in [0.2, 0.25) is 0 Å². The number of alkyl halides is 2. The van der Waals surface area contributed by atoms with Crippen LogP contribution in [0.25, 0.3) is 0 Å². The lowest BCUT2D eigenvalue weighted by atomic mass is 10.1. The van der Waals surface area contributed by atoms with Crippen molar-refractivity contribution in [2.75, 3.05) is 11.9 Å². The van der Waals surface area contributed by atoms with Crippen molar-refractivity contribution in [2.24, 2.45) is 0 Å². The van der Waals surface area contributed by atoms with E-state index in [2.05, 4.69) is 12.2 Å². The number of sulfone groups is 1. The maximum atomic E-state index is 12.3. The van der Waals surface area contributed by atoms with E-state index in [1.807, 2.05) is 0 Å². The molecule has 1 N–H and O–H groups in total. The maximum Gasteiger partial charge on any atom is 0.341 e. The van der Waals surface area contributed by atoms with Gasteiger partial charge in [0.1, 0.15) is 0 Å². The molecule has 0 bridgehead atoms. The summed E-state index contributed by atoms with van der Waals surface area (Å²) in [5, 5.41) is 3.15. The topological polar surface area (TPSA) is 46.2 Å². The summed E-state index contributed by atoms with van der Waals surface area (Å²) in [5.74, 6) is -3.38. The van der Waals surface area contributed by atoms with Crippen molar-refractivity contribution in [2.45, 2.75) is 49.7 Å². The Hall–Kier alpha value is -1.17. The highest BCUT2D eigenvalue weighted by molar-refractivity contribution is 7.91. The van der Waals surface area contributed by atoms with Gasteiger partial charge in [0, 0.05) is 12.2 Å². The highest BCUT2D eigenvalue weighted by atomic mass is 32.2. The SMILES string of the molecule is CCCCCCCNc1ccc(S(=O)(=O)C(F)F)cc1. The molecule has 20 heavy (non-hydrogen) atoms. The van der Waals surface area contributed by atoms with Gasteiger partial charge in [-0.25, -0.2) is 8.42 Å². The lowest BCUT2D eigenvalue weighted by Gasteiger charge is -2.08. The molecule has 0 aliphatic carbocycles. The zero-order chi connectivity index (χ0) is 15.0. The van der Waals surface area contributed by atoms with Crippen LogP contribution in [0.15, 0.2) is 29.2 Å². The molecule has 0 amide bonds. The summed E-state index contributed by atoms with van der Waals surface area (Å²) in [5.41, 5.74) is 0.744. The van der Waals surface area contributed by atoms with Gasteiger partial charge in [0.15, 0.2) is 0 Å². The molecule has 0 unspecified atom stereocenters. The molecule has 6 heteroatoms. The highest BCUT2D eigenvalue weighted by Gasteiger charge is 2.26. The van der Waals surface area contributed by atoms with E-state index in [1.54, 1.807) is 0 Å². The molecule has 0 aliphatic rings. The zero-order valence-electron chi connectivity index (χ0n) is 11.6. The molecular formula is C14H21F2NO2S. The molecule has 1 rings (SSSR count). The summed E-state index contributed by atoms with van der Waals surface area (Å²) >= 11 is 0. The molecule has 0 fully saturated rings. The Kier molecular flexibility index (Phi) is 6.91. The molecule has 1 aromatic carbocycles. The van der Waals surface area contributed by atoms with Gasteiger partial charge in [-0.05, 0) is 30.7 Å². The van der Waals surface area contributed by atoms with Gasteiger partial charge in [-0.1, -0.05) is 32.6 Å². The van der Waals surface area contributed by atoms with Crippen LogP contribution < -0.4 is 5.32 Å². The number of benzene rings is 1. The normalized spacial score (nSPS) is 11.8. The summed E-state index contributed by atoms with van der Waals surface area (Å²) in [7, 11) is -4.49. The Bertz CT molecular complexity index is 486. The third-order valence-electron chi connectivity index (χ3n) is 3.03. The van der Waals surface area contributed by atoms with Crippen molar-refractivity contribution in [1.82, 2.24) is 0 Å². The molecule has 0 aliphatic heterocycles. The van der Waals surface area contributed by atoms with Crippen LogP contribution in [0.3, 0.4) is 0 Å². The molecule has 0 atom stereocenters. The van der Waals surface area contributed by atoms with Gasteiger partial charge in [-0.3, -0.25) is 0 Å². The van der Waals surface area contributed by atoms with Crippen LogP contribution in [0.4, 0.5) is 14.5 Å². The summed E-state index contributed by atoms with van der Waals surface area (Å²) in [6.07, 6.45) is 5.84. The minimum atomic E-state index is -4.49. The number of hydrogen-bond acceptors (Lipinski definition) is 3. The lowest BCUT2D eigenvalue weighted by molar-refractivity contribution is 0.234. The quantitative estimate of drug-likeness (QED) is 0.700. The average molecular weight is 305 g/mol. The smallest absolute Gasteiger partial charge is 0.341 e. The zero-order valence-corrected chi connectivity index (χ0v) is 12.4. The van der Waals surface area contributed by atoms with E-state index in [4.69, 9.17) is 0 Å². The van der Waals surface area contributed by atoms with Gasteiger partial charge in [-0.15, -0.1) is 0 Å². The summed E-state index contributed by atoms with van der Waals surface area (Å²) < 4.78 is 47.2. The molecule has 3 nitrogen and oxygen atoms in total. The second kappa shape index (κ2) is 8.19. The second-order valence-corrected chi connectivity index (χ2v) is 6.59. The molecule has 0 heterocycles. The van der Waals surface area contributed by atoms with Crippen LogP contribution in [0, 0.1) is 0 Å². The van der Waals surface area contributed by atoms with E-state index in [0.29, 0.717) is 0 Å². The third-order valence-corrected chi connectivity index (χ3v) is 4.43. The van der Waals surface area contributed by atoms with Gasteiger partial charge in [0.05, 0.1) is 4.90 Å². The predicted octanol–water partition coefficient (Wildman–Crippen LogP) is 4.07. The van der Waals surface area contributed by atoms with E-state index >= 15 is 0 Å². The molecule has 114 valence electrons. The van der Waals surface area contributed by atoms with Crippen molar-refractivity contribution < 1.29 is 17.2 Å². The molecule has 0 spiro atoms. The van der Waals surface area contributed by atoms with Crippen molar-refractivity contribution in [3.05, 3.63) is 24.3 Å². The second-order valence-electron chi connectivity index (χ2n) is 4.67. The molecular weight excluding hydrogens is 284 g/mol. The number of halogens is 2. The van der Waals surface area contributed by atoms with Crippen LogP contribution in [0.1, 0.15) is 39.0 Å². The van der Waals surface area contributed by atoms with Crippen molar-refractivity contribution in [1.29, 1.82) is 0 Å². The summed E-state index contributed by atoms with van der Waals surface area (Å²) in [6.45, 7) is 2.96. The minimum absolute atomic E-state index is 0.346. The predicted molar refractivity (Wildman–Crippen MR) is 76.9 cm³/mol. The Morgan fingerprint density at radius 1 is 1.05 bits per heavy atom. The van der Waals surface area contributed by atoms with Gasteiger partial charge < -0.3 is 5.32 Å². The average Bonchev–Trinajstić information content (AvgIpc) is 2.43. The van der Waals surface area contributed by atoms with Crippen LogP contribution in [0.5, 0.6) is 0 Å². The summed E-state index contributed by atoms with van der Waals surface area (Å²) in [4.78, 5) is -0.346. The first-order valence-corrected chi connectivity index (χ1v) is 8.39. The monoisotopic (exact) mass is 305 g/mol. The molecule has 0 saturated heterocycles. The van der Waals surface area contributed by atoms with Gasteiger partial charge in [0.25, 0.3) is 0 Å². The molecule has 0 saturated carbocycles. The van der Waals surface area contributed by atoms with Crippen LogP contribution in [-0.4, -0.2) is 20.7 Å². The van der Waals surface area contributed by atoms with Gasteiger partial charge >= 0.3 is 5.76 Å². The number of nitrogens with one attached hydrogen (secondary N) is 1. The van der Waals surface area contributed by atoms with Crippen molar-refractivity contribution >= 4 is 15.5 Å². The van der Waals surface area contributed by atoms with E-state index in [9.17, 15) is 17.2 Å². The number of unbranched alkanes of at least 4 members (excludes halogenated alkanes) is 4. The third kappa shape index (κ3) is 5.07. The van der Waals surface area contributed by atoms with Crippen molar-refractivity contribution in [3.8, 4) is 0 Å². The Balaban J connectivity index is 2.44. The van der Waals surface area contributed by atoms with E-state index < -0.39 is 15.6 Å². The first kappa shape index (κ1) is 16.9. The lowest BCUT2D eigenvalue weighted by Crippen LogP contribution is -2.11. The Morgan fingerprint density at radius 2 is 1.65 bits per heavy atom. The number of hydrogen-bond donors (Lipinski definition) is 1. The molecule has 0 aromatic heterocycles. The summed E-state index contributed by atoms with van der Waals surface area (Å²) in [6, 6.07) is 5.45. The van der Waals surface area contributed by atoms with E-state index in [-0.39, 0.29) is 4.90 Å². The van der Waals surface area contributed by atoms with Crippen LogP contribution in [-0.2, 0) is 9.84 Å². The Labute approximate surface area is 119 Å². The maximum absolute atomic E-state index is 12.3. The number of anilines is 1. The van der Waals surface area contributed by atoms with Crippen LogP contribution >= 0.6 is 0 Å². The number of rotatable bonds is 9.